The molecule has 1 heterocycles. The molecule has 1 amide bonds. The summed E-state index contributed by atoms with van der Waals surface area (Å²) >= 11 is 0. The van der Waals surface area contributed by atoms with Gasteiger partial charge in [-0.3, -0.25) is 14.4 Å². The molecule has 6 heteroatoms. The fraction of sp³-hybridized carbons (Fsp3) is 0.0556. The highest BCUT2D eigenvalue weighted by Gasteiger charge is 2.20. The van der Waals surface area contributed by atoms with E-state index in [2.05, 4.69) is 10.3 Å². The molecule has 0 fully saturated rings. The topological polar surface area (TPSA) is 79.0 Å². The van der Waals surface area contributed by atoms with E-state index in [-0.39, 0.29) is 11.3 Å². The fourth-order valence-corrected chi connectivity index (χ4v) is 2.38. The third-order valence-electron chi connectivity index (χ3n) is 3.64. The first-order chi connectivity index (χ1) is 11.5. The van der Waals surface area contributed by atoms with Crippen LogP contribution in [0.1, 0.15) is 27.6 Å². The molecule has 0 aliphatic rings. The normalized spacial score (nSPS) is 10.6. The molecular weight excluding hydrogens is 311 g/mol. The summed E-state index contributed by atoms with van der Waals surface area (Å²) in [5.41, 5.74) is 1.57. The second-order valence-electron chi connectivity index (χ2n) is 5.31. The van der Waals surface area contributed by atoms with Crippen molar-refractivity contribution < 1.29 is 18.8 Å². The summed E-state index contributed by atoms with van der Waals surface area (Å²) in [5, 5.41) is 2.82. The maximum absolute atomic E-state index is 13.4. The third-order valence-corrected chi connectivity index (χ3v) is 3.64. The minimum atomic E-state index is -0.837. The van der Waals surface area contributed by atoms with Crippen molar-refractivity contribution in [1.29, 1.82) is 0 Å². The Labute approximate surface area is 136 Å². The van der Waals surface area contributed by atoms with Crippen molar-refractivity contribution in [3.8, 4) is 0 Å². The number of nitrogens with one attached hydrogen (secondary N) is 2. The smallest absolute Gasteiger partial charge is 0.296 e. The number of carbonyl (C=O) groups excluding carboxylic acids is 3. The van der Waals surface area contributed by atoms with Crippen LogP contribution in [0.15, 0.2) is 48.7 Å². The van der Waals surface area contributed by atoms with E-state index in [1.807, 2.05) is 0 Å². The maximum atomic E-state index is 13.4. The largest absolute Gasteiger partial charge is 0.360 e. The number of hydrogen-bond donors (Lipinski definition) is 2. The van der Waals surface area contributed by atoms with Gasteiger partial charge in [0.15, 0.2) is 5.78 Å². The third kappa shape index (κ3) is 2.94. The second kappa shape index (κ2) is 6.08. The van der Waals surface area contributed by atoms with Crippen LogP contribution in [0.2, 0.25) is 0 Å². The van der Waals surface area contributed by atoms with Crippen molar-refractivity contribution >= 4 is 34.1 Å². The van der Waals surface area contributed by atoms with Crippen LogP contribution in [-0.4, -0.2) is 22.5 Å². The number of rotatable bonds is 4. The molecule has 0 aliphatic carbocycles. The molecular formula is C18H13FN2O3. The molecule has 0 aliphatic heterocycles. The van der Waals surface area contributed by atoms with Crippen molar-refractivity contribution in [3.63, 3.8) is 0 Å². The molecule has 3 rings (SSSR count). The Kier molecular flexibility index (Phi) is 3.95. The number of aromatic amines is 1. The predicted octanol–water partition coefficient (Wildman–Crippen LogP) is 3.33. The van der Waals surface area contributed by atoms with Gasteiger partial charge in [-0.15, -0.1) is 0 Å². The first kappa shape index (κ1) is 15.6. The zero-order valence-corrected chi connectivity index (χ0v) is 12.7. The van der Waals surface area contributed by atoms with Crippen LogP contribution < -0.4 is 5.32 Å². The summed E-state index contributed by atoms with van der Waals surface area (Å²) in [4.78, 5) is 38.5. The zero-order chi connectivity index (χ0) is 17.3. The molecule has 5 nitrogen and oxygen atoms in total. The summed E-state index contributed by atoms with van der Waals surface area (Å²) in [7, 11) is 0. The maximum Gasteiger partial charge on any atom is 0.296 e. The second-order valence-corrected chi connectivity index (χ2v) is 5.31. The quantitative estimate of drug-likeness (QED) is 0.571. The number of benzene rings is 2. The molecule has 2 aromatic carbocycles. The van der Waals surface area contributed by atoms with Gasteiger partial charge in [0, 0.05) is 28.4 Å². The first-order valence-corrected chi connectivity index (χ1v) is 7.19. The molecule has 1 aromatic heterocycles. The van der Waals surface area contributed by atoms with Gasteiger partial charge in [0.1, 0.15) is 5.82 Å². The Morgan fingerprint density at radius 2 is 1.75 bits per heavy atom. The fourth-order valence-electron chi connectivity index (χ4n) is 2.38. The van der Waals surface area contributed by atoms with Gasteiger partial charge in [-0.25, -0.2) is 4.39 Å². The molecule has 3 aromatic rings. The van der Waals surface area contributed by atoms with Gasteiger partial charge in [-0.05, 0) is 49.4 Å². The highest BCUT2D eigenvalue weighted by Crippen LogP contribution is 2.20. The molecule has 0 saturated carbocycles. The van der Waals surface area contributed by atoms with E-state index in [1.165, 1.54) is 43.5 Å². The van der Waals surface area contributed by atoms with Crippen LogP contribution >= 0.6 is 0 Å². The van der Waals surface area contributed by atoms with Gasteiger partial charge in [0.05, 0.1) is 5.56 Å². The number of H-pyrrole nitrogens is 1. The van der Waals surface area contributed by atoms with Gasteiger partial charge in [-0.1, -0.05) is 0 Å². The summed E-state index contributed by atoms with van der Waals surface area (Å²) in [6, 6.07) is 10.2. The van der Waals surface area contributed by atoms with Gasteiger partial charge in [0.25, 0.3) is 11.7 Å². The van der Waals surface area contributed by atoms with Gasteiger partial charge in [0.2, 0.25) is 0 Å². The molecule has 0 spiro atoms. The van der Waals surface area contributed by atoms with E-state index in [0.717, 1.165) is 0 Å². The monoisotopic (exact) mass is 324 g/mol. The first-order valence-electron chi connectivity index (χ1n) is 7.19. The molecule has 0 bridgehead atoms. The molecule has 120 valence electrons. The van der Waals surface area contributed by atoms with Crippen LogP contribution in [0.4, 0.5) is 10.1 Å². The molecule has 0 radical (unpaired) electrons. The summed E-state index contributed by atoms with van der Waals surface area (Å²) in [6.45, 7) is 1.44. The van der Waals surface area contributed by atoms with Crippen molar-refractivity contribution in [2.75, 3.05) is 5.32 Å². The molecule has 0 atom stereocenters. The van der Waals surface area contributed by atoms with E-state index >= 15 is 0 Å². The van der Waals surface area contributed by atoms with E-state index < -0.39 is 17.5 Å². The van der Waals surface area contributed by atoms with Gasteiger partial charge in [-0.2, -0.15) is 0 Å². The number of carbonyl (C=O) groups is 3. The number of anilines is 1. The molecule has 0 saturated heterocycles. The number of ketones is 2. The van der Waals surface area contributed by atoms with E-state index in [9.17, 15) is 18.8 Å². The highest BCUT2D eigenvalue weighted by molar-refractivity contribution is 6.48. The number of Topliss-reactive ketones (excluding diaryl/α,β-unsaturated/α-hetero) is 2. The summed E-state index contributed by atoms with van der Waals surface area (Å²) < 4.78 is 13.4. The van der Waals surface area contributed by atoms with Crippen LogP contribution in [0.5, 0.6) is 0 Å². The van der Waals surface area contributed by atoms with Crippen molar-refractivity contribution in [2.45, 2.75) is 6.92 Å². The Bertz CT molecular complexity index is 958. The van der Waals surface area contributed by atoms with Crippen molar-refractivity contribution in [1.82, 2.24) is 4.98 Å². The predicted molar refractivity (Wildman–Crippen MR) is 87.7 cm³/mol. The zero-order valence-electron chi connectivity index (χ0n) is 12.7. The molecule has 0 unspecified atom stereocenters. The van der Waals surface area contributed by atoms with Crippen molar-refractivity contribution in [3.05, 3.63) is 65.6 Å². The highest BCUT2D eigenvalue weighted by atomic mass is 19.1. The van der Waals surface area contributed by atoms with Crippen LogP contribution in [0.3, 0.4) is 0 Å². The van der Waals surface area contributed by atoms with Gasteiger partial charge >= 0.3 is 0 Å². The number of halogens is 1. The van der Waals surface area contributed by atoms with E-state index in [1.54, 1.807) is 12.1 Å². The average molecular weight is 324 g/mol. The Balaban J connectivity index is 1.82. The van der Waals surface area contributed by atoms with Crippen LogP contribution in [-0.2, 0) is 4.79 Å². The lowest BCUT2D eigenvalue weighted by Gasteiger charge is -2.05. The lowest BCUT2D eigenvalue weighted by atomic mass is 10.1. The number of fused-ring (bicyclic) bond motifs is 1. The number of aromatic nitrogens is 1. The molecule has 2 N–H and O–H groups in total. The lowest BCUT2D eigenvalue weighted by molar-refractivity contribution is -0.112. The minimum Gasteiger partial charge on any atom is -0.360 e. The Morgan fingerprint density at radius 1 is 1.04 bits per heavy atom. The van der Waals surface area contributed by atoms with Gasteiger partial charge < -0.3 is 10.3 Å². The minimum absolute atomic E-state index is 0.0928. The lowest BCUT2D eigenvalue weighted by Crippen LogP contribution is -2.22. The Hall–Kier alpha value is -3.28. The van der Waals surface area contributed by atoms with Crippen molar-refractivity contribution in [2.24, 2.45) is 0 Å². The SMILES string of the molecule is CC(=O)c1ccc(NC(=O)C(=O)c2c[nH]c3ccc(F)cc23)cc1. The van der Waals surface area contributed by atoms with Crippen LogP contribution in [0, 0.1) is 5.82 Å². The standard InChI is InChI=1S/C18H13FN2O3/c1-10(22)11-2-5-13(6-3-11)21-18(24)17(23)15-9-20-16-7-4-12(19)8-14(15)16/h2-9,20H,1H3,(H,21,24). The van der Waals surface area contributed by atoms with E-state index in [4.69, 9.17) is 0 Å². The van der Waals surface area contributed by atoms with E-state index in [0.29, 0.717) is 22.2 Å². The summed E-state index contributed by atoms with van der Waals surface area (Å²) in [6.07, 6.45) is 1.38. The summed E-state index contributed by atoms with van der Waals surface area (Å²) in [5.74, 6) is -2.20. The molecule has 24 heavy (non-hydrogen) atoms. The Morgan fingerprint density at radius 3 is 2.42 bits per heavy atom. The number of amides is 1. The average Bonchev–Trinajstić information content (AvgIpc) is 2.97. The number of hydrogen-bond acceptors (Lipinski definition) is 3. The van der Waals surface area contributed by atoms with Crippen LogP contribution in [0.25, 0.3) is 10.9 Å².